The highest BCUT2D eigenvalue weighted by Crippen LogP contribution is 2.29. The van der Waals surface area contributed by atoms with Gasteiger partial charge in [-0.3, -0.25) is 14.9 Å². The quantitative estimate of drug-likeness (QED) is 0.668. The van der Waals surface area contributed by atoms with Gasteiger partial charge in [-0.05, 0) is 41.8 Å². The summed E-state index contributed by atoms with van der Waals surface area (Å²) < 4.78 is 38.2. The van der Waals surface area contributed by atoms with Crippen LogP contribution in [0.5, 0.6) is 0 Å². The van der Waals surface area contributed by atoms with Crippen molar-refractivity contribution in [2.75, 3.05) is 5.32 Å². The second-order valence-corrected chi connectivity index (χ2v) is 6.72. The van der Waals surface area contributed by atoms with E-state index in [1.54, 1.807) is 24.3 Å². The minimum Gasteiger partial charge on any atom is -0.334 e. The third-order valence-corrected chi connectivity index (χ3v) is 4.47. The Kier molecular flexibility index (Phi) is 5.86. The highest BCUT2D eigenvalue weighted by atomic mass is 19.4. The molecule has 9 heteroatoms. The van der Waals surface area contributed by atoms with Crippen molar-refractivity contribution in [3.63, 3.8) is 0 Å². The van der Waals surface area contributed by atoms with E-state index >= 15 is 0 Å². The number of carbonyl (C=O) groups is 3. The zero-order chi connectivity index (χ0) is 21.0. The first-order chi connectivity index (χ1) is 13.7. The SMILES string of the molecule is O=C1CC(Cc2ccc(NC(=O)NCc3cccc(C(F)(F)F)c3)cc2)C(=O)N1. The Morgan fingerprint density at radius 2 is 1.79 bits per heavy atom. The molecule has 1 aliphatic heterocycles. The van der Waals surface area contributed by atoms with Crippen LogP contribution >= 0.6 is 0 Å². The molecular weight excluding hydrogens is 387 g/mol. The maximum atomic E-state index is 12.7. The van der Waals surface area contributed by atoms with Crippen molar-refractivity contribution in [1.82, 2.24) is 10.6 Å². The number of imide groups is 1. The van der Waals surface area contributed by atoms with E-state index in [2.05, 4.69) is 16.0 Å². The van der Waals surface area contributed by atoms with E-state index in [0.717, 1.165) is 17.7 Å². The maximum Gasteiger partial charge on any atom is 0.416 e. The summed E-state index contributed by atoms with van der Waals surface area (Å²) in [6.45, 7) is -0.0569. The lowest BCUT2D eigenvalue weighted by Gasteiger charge is -2.11. The summed E-state index contributed by atoms with van der Waals surface area (Å²) in [6.07, 6.45) is -3.86. The first-order valence-electron chi connectivity index (χ1n) is 8.84. The fourth-order valence-corrected chi connectivity index (χ4v) is 3.00. The summed E-state index contributed by atoms with van der Waals surface area (Å²) >= 11 is 0. The number of urea groups is 1. The summed E-state index contributed by atoms with van der Waals surface area (Å²) in [7, 11) is 0. The number of carbonyl (C=O) groups excluding carboxylic acids is 3. The van der Waals surface area contributed by atoms with Crippen LogP contribution in [0.4, 0.5) is 23.7 Å². The molecule has 1 atom stereocenters. The van der Waals surface area contributed by atoms with Crippen molar-refractivity contribution in [1.29, 1.82) is 0 Å². The van der Waals surface area contributed by atoms with E-state index in [1.807, 2.05) is 0 Å². The van der Waals surface area contributed by atoms with E-state index in [4.69, 9.17) is 0 Å². The Morgan fingerprint density at radius 3 is 2.41 bits per heavy atom. The largest absolute Gasteiger partial charge is 0.416 e. The number of amides is 4. The number of benzene rings is 2. The van der Waals surface area contributed by atoms with E-state index in [1.165, 1.54) is 12.1 Å². The average molecular weight is 405 g/mol. The van der Waals surface area contributed by atoms with Crippen LogP contribution in [-0.2, 0) is 28.7 Å². The van der Waals surface area contributed by atoms with Crippen LogP contribution < -0.4 is 16.0 Å². The fraction of sp³-hybridized carbons (Fsp3) is 0.250. The van der Waals surface area contributed by atoms with Gasteiger partial charge < -0.3 is 10.6 Å². The van der Waals surface area contributed by atoms with E-state index < -0.39 is 23.7 Å². The van der Waals surface area contributed by atoms with Crippen LogP contribution in [0, 0.1) is 5.92 Å². The van der Waals surface area contributed by atoms with Gasteiger partial charge in [0.1, 0.15) is 0 Å². The Labute approximate surface area is 164 Å². The molecule has 1 unspecified atom stereocenters. The van der Waals surface area contributed by atoms with Crippen molar-refractivity contribution in [2.45, 2.75) is 25.6 Å². The number of hydrogen-bond acceptors (Lipinski definition) is 3. The predicted molar refractivity (Wildman–Crippen MR) is 98.7 cm³/mol. The molecule has 3 N–H and O–H groups in total. The monoisotopic (exact) mass is 405 g/mol. The van der Waals surface area contributed by atoms with Gasteiger partial charge in [-0.2, -0.15) is 13.2 Å². The van der Waals surface area contributed by atoms with E-state index in [0.29, 0.717) is 17.7 Å². The second kappa shape index (κ2) is 8.34. The van der Waals surface area contributed by atoms with Gasteiger partial charge in [0.15, 0.2) is 0 Å². The number of halogens is 3. The van der Waals surface area contributed by atoms with Gasteiger partial charge in [0.25, 0.3) is 0 Å². The highest BCUT2D eigenvalue weighted by molar-refractivity contribution is 6.03. The highest BCUT2D eigenvalue weighted by Gasteiger charge is 2.31. The van der Waals surface area contributed by atoms with Gasteiger partial charge in [0.2, 0.25) is 11.8 Å². The van der Waals surface area contributed by atoms with Gasteiger partial charge in [0.05, 0.1) is 11.5 Å². The van der Waals surface area contributed by atoms with Crippen molar-refractivity contribution >= 4 is 23.5 Å². The summed E-state index contributed by atoms with van der Waals surface area (Å²) in [4.78, 5) is 34.8. The molecule has 3 rings (SSSR count). The van der Waals surface area contributed by atoms with E-state index in [-0.39, 0.29) is 24.8 Å². The minimum atomic E-state index is -4.44. The fourth-order valence-electron chi connectivity index (χ4n) is 3.00. The third kappa shape index (κ3) is 5.56. The van der Waals surface area contributed by atoms with Crippen molar-refractivity contribution in [3.05, 3.63) is 65.2 Å². The molecule has 0 aliphatic carbocycles. The normalized spacial score (nSPS) is 16.4. The Balaban J connectivity index is 1.51. The van der Waals surface area contributed by atoms with Crippen molar-refractivity contribution in [2.24, 2.45) is 5.92 Å². The van der Waals surface area contributed by atoms with Crippen LogP contribution in [0.3, 0.4) is 0 Å². The zero-order valence-corrected chi connectivity index (χ0v) is 15.2. The zero-order valence-electron chi connectivity index (χ0n) is 15.2. The lowest BCUT2D eigenvalue weighted by Crippen LogP contribution is -2.28. The molecule has 0 saturated carbocycles. The molecule has 0 spiro atoms. The Bertz CT molecular complexity index is 927. The molecule has 0 radical (unpaired) electrons. The number of alkyl halides is 3. The smallest absolute Gasteiger partial charge is 0.334 e. The molecule has 1 heterocycles. The van der Waals surface area contributed by atoms with Gasteiger partial charge in [0, 0.05) is 18.7 Å². The Hall–Kier alpha value is -3.36. The first-order valence-corrected chi connectivity index (χ1v) is 8.84. The molecule has 2 aromatic carbocycles. The van der Waals surface area contributed by atoms with Crippen LogP contribution in [-0.4, -0.2) is 17.8 Å². The van der Waals surface area contributed by atoms with Gasteiger partial charge in [-0.1, -0.05) is 24.3 Å². The molecule has 152 valence electrons. The molecule has 1 saturated heterocycles. The molecule has 4 amide bonds. The molecule has 2 aromatic rings. The predicted octanol–water partition coefficient (Wildman–Crippen LogP) is 3.23. The number of rotatable bonds is 5. The topological polar surface area (TPSA) is 87.3 Å². The molecule has 0 bridgehead atoms. The average Bonchev–Trinajstić information content (AvgIpc) is 2.98. The third-order valence-electron chi connectivity index (χ3n) is 4.47. The van der Waals surface area contributed by atoms with Crippen LogP contribution in [0.2, 0.25) is 0 Å². The van der Waals surface area contributed by atoms with Crippen molar-refractivity contribution < 1.29 is 27.6 Å². The molecule has 0 aromatic heterocycles. The summed E-state index contributed by atoms with van der Waals surface area (Å²) in [5.74, 6) is -0.959. The number of anilines is 1. The number of nitrogens with one attached hydrogen (secondary N) is 3. The molecular formula is C20H18F3N3O3. The van der Waals surface area contributed by atoms with Gasteiger partial charge in [-0.15, -0.1) is 0 Å². The van der Waals surface area contributed by atoms with E-state index in [9.17, 15) is 27.6 Å². The summed E-state index contributed by atoms with van der Waals surface area (Å²) in [5, 5.41) is 7.35. The summed E-state index contributed by atoms with van der Waals surface area (Å²) in [5.41, 5.74) is 0.886. The molecule has 6 nitrogen and oxygen atoms in total. The minimum absolute atomic E-state index is 0.0569. The maximum absolute atomic E-state index is 12.7. The van der Waals surface area contributed by atoms with Gasteiger partial charge in [-0.25, -0.2) is 4.79 Å². The van der Waals surface area contributed by atoms with Crippen molar-refractivity contribution in [3.8, 4) is 0 Å². The molecule has 1 aliphatic rings. The lowest BCUT2D eigenvalue weighted by atomic mass is 9.98. The molecule has 29 heavy (non-hydrogen) atoms. The van der Waals surface area contributed by atoms with Crippen LogP contribution in [0.25, 0.3) is 0 Å². The van der Waals surface area contributed by atoms with Crippen LogP contribution in [0.1, 0.15) is 23.1 Å². The first kappa shape index (κ1) is 20.4. The van der Waals surface area contributed by atoms with Gasteiger partial charge >= 0.3 is 12.2 Å². The second-order valence-electron chi connectivity index (χ2n) is 6.72. The Morgan fingerprint density at radius 1 is 1.07 bits per heavy atom. The lowest BCUT2D eigenvalue weighted by molar-refractivity contribution is -0.137. The molecule has 1 fully saturated rings. The number of hydrogen-bond donors (Lipinski definition) is 3. The standard InChI is InChI=1S/C20H18F3N3O3/c21-20(22,23)15-3-1-2-13(9-15)11-24-19(29)25-16-6-4-12(5-7-16)8-14-10-17(27)26-18(14)28/h1-7,9,14H,8,10-11H2,(H2,24,25,29)(H,26,27,28). The van der Waals surface area contributed by atoms with Crippen LogP contribution in [0.15, 0.2) is 48.5 Å². The summed E-state index contributed by atoms with van der Waals surface area (Å²) in [6, 6.07) is 10.9.